The Morgan fingerprint density at radius 1 is 1.21 bits per heavy atom. The summed E-state index contributed by atoms with van der Waals surface area (Å²) in [5, 5.41) is 15.5. The largest absolute Gasteiger partial charge is 0.490 e. The molecule has 0 aliphatic rings. The van der Waals surface area contributed by atoms with Crippen LogP contribution in [0.15, 0.2) is 47.6 Å². The van der Waals surface area contributed by atoms with Crippen molar-refractivity contribution < 1.29 is 14.5 Å². The van der Waals surface area contributed by atoms with E-state index in [9.17, 15) is 14.9 Å². The number of nitro benzene ring substituents is 1. The molecule has 0 saturated carbocycles. The molecule has 0 heterocycles. The van der Waals surface area contributed by atoms with Gasteiger partial charge in [-0.05, 0) is 43.3 Å². The molecule has 0 spiro atoms. The van der Waals surface area contributed by atoms with Crippen molar-refractivity contribution in [3.63, 3.8) is 0 Å². The Hall–Kier alpha value is -2.93. The number of amides is 1. The van der Waals surface area contributed by atoms with Crippen molar-refractivity contribution in [2.75, 3.05) is 7.11 Å². The zero-order valence-corrected chi connectivity index (χ0v) is 13.7. The van der Waals surface area contributed by atoms with Crippen molar-refractivity contribution in [3.05, 3.63) is 68.7 Å². The van der Waals surface area contributed by atoms with Crippen LogP contribution in [-0.2, 0) is 0 Å². The highest BCUT2D eigenvalue weighted by Gasteiger charge is 2.16. The Morgan fingerprint density at radius 2 is 1.83 bits per heavy atom. The number of hydrogen-bond donors (Lipinski definition) is 1. The second kappa shape index (κ2) is 7.56. The first-order valence-electron chi connectivity index (χ1n) is 6.85. The fourth-order valence-corrected chi connectivity index (χ4v) is 2.05. The maximum Gasteiger partial charge on any atom is 0.311 e. The van der Waals surface area contributed by atoms with Gasteiger partial charge in [0, 0.05) is 22.2 Å². The van der Waals surface area contributed by atoms with Gasteiger partial charge in [-0.3, -0.25) is 14.9 Å². The van der Waals surface area contributed by atoms with Gasteiger partial charge < -0.3 is 4.74 Å². The van der Waals surface area contributed by atoms with E-state index in [1.807, 2.05) is 0 Å². The van der Waals surface area contributed by atoms with Gasteiger partial charge in [0.2, 0.25) is 0 Å². The fraction of sp³-hybridized carbons (Fsp3) is 0.125. The van der Waals surface area contributed by atoms with E-state index in [1.165, 1.54) is 19.2 Å². The molecule has 0 aliphatic carbocycles. The molecule has 2 aromatic rings. The van der Waals surface area contributed by atoms with Crippen molar-refractivity contribution in [2.24, 2.45) is 5.10 Å². The molecule has 2 aromatic carbocycles. The van der Waals surface area contributed by atoms with Gasteiger partial charge in [-0.2, -0.15) is 5.10 Å². The van der Waals surface area contributed by atoms with E-state index < -0.39 is 10.8 Å². The maximum absolute atomic E-state index is 12.0. The number of benzene rings is 2. The van der Waals surface area contributed by atoms with Crippen LogP contribution in [0.25, 0.3) is 0 Å². The molecule has 8 heteroatoms. The number of methoxy groups -OCH3 is 1. The number of ether oxygens (including phenoxy) is 1. The van der Waals surface area contributed by atoms with Crippen LogP contribution in [0.1, 0.15) is 22.8 Å². The molecule has 24 heavy (non-hydrogen) atoms. The Labute approximate surface area is 143 Å². The van der Waals surface area contributed by atoms with Crippen molar-refractivity contribution in [2.45, 2.75) is 6.92 Å². The molecule has 0 unspecified atom stereocenters. The summed E-state index contributed by atoms with van der Waals surface area (Å²) in [5.74, 6) is -0.254. The quantitative estimate of drug-likeness (QED) is 0.509. The van der Waals surface area contributed by atoms with Gasteiger partial charge in [0.1, 0.15) is 0 Å². The van der Waals surface area contributed by atoms with E-state index in [1.54, 1.807) is 37.3 Å². The molecule has 0 aliphatic heterocycles. The second-order valence-electron chi connectivity index (χ2n) is 4.79. The Balaban J connectivity index is 2.18. The summed E-state index contributed by atoms with van der Waals surface area (Å²) in [6.45, 7) is 1.63. The molecule has 0 bridgehead atoms. The lowest BCUT2D eigenvalue weighted by atomic mass is 10.1. The standard InChI is InChI=1S/C16H14ClN3O4/c1-10(12-5-8-15(24-2)14(9-12)20(22)23)18-19-16(21)11-3-6-13(17)7-4-11/h3-9H,1-2H3,(H,19,21)/b18-10-. The monoisotopic (exact) mass is 347 g/mol. The highest BCUT2D eigenvalue weighted by atomic mass is 35.5. The number of carbonyl (C=O) groups excluding carboxylic acids is 1. The molecule has 1 amide bonds. The number of halogens is 1. The minimum Gasteiger partial charge on any atom is -0.490 e. The molecular formula is C16H14ClN3O4. The molecule has 0 fully saturated rings. The zero-order valence-electron chi connectivity index (χ0n) is 12.9. The van der Waals surface area contributed by atoms with Gasteiger partial charge in [-0.25, -0.2) is 5.43 Å². The number of hydrazone groups is 1. The normalized spacial score (nSPS) is 11.0. The first-order chi connectivity index (χ1) is 11.4. The summed E-state index contributed by atoms with van der Waals surface area (Å²) in [5.41, 5.74) is 3.54. The third-order valence-corrected chi connectivity index (χ3v) is 3.48. The van der Waals surface area contributed by atoms with E-state index >= 15 is 0 Å². The van der Waals surface area contributed by atoms with Gasteiger partial charge in [-0.1, -0.05) is 11.6 Å². The summed E-state index contributed by atoms with van der Waals surface area (Å²) in [6, 6.07) is 10.8. The Bertz CT molecular complexity index is 803. The fourth-order valence-electron chi connectivity index (χ4n) is 1.92. The number of rotatable bonds is 5. The predicted octanol–water partition coefficient (Wildman–Crippen LogP) is 3.41. The molecule has 0 saturated heterocycles. The zero-order chi connectivity index (χ0) is 17.7. The molecule has 0 aromatic heterocycles. The summed E-state index contributed by atoms with van der Waals surface area (Å²) in [7, 11) is 1.36. The number of nitrogens with one attached hydrogen (secondary N) is 1. The lowest BCUT2D eigenvalue weighted by molar-refractivity contribution is -0.385. The molecule has 7 nitrogen and oxygen atoms in total. The number of hydrogen-bond acceptors (Lipinski definition) is 5. The number of carbonyl (C=O) groups is 1. The van der Waals surface area contributed by atoms with Crippen LogP contribution < -0.4 is 10.2 Å². The summed E-state index contributed by atoms with van der Waals surface area (Å²) >= 11 is 5.76. The van der Waals surface area contributed by atoms with Gasteiger partial charge >= 0.3 is 5.69 Å². The van der Waals surface area contributed by atoms with Gasteiger partial charge in [0.05, 0.1) is 17.7 Å². The van der Waals surface area contributed by atoms with Gasteiger partial charge in [0.25, 0.3) is 5.91 Å². The molecule has 1 N–H and O–H groups in total. The maximum atomic E-state index is 12.0. The molecule has 124 valence electrons. The predicted molar refractivity (Wildman–Crippen MR) is 90.8 cm³/mol. The first-order valence-corrected chi connectivity index (χ1v) is 7.23. The SMILES string of the molecule is COc1ccc(/C(C)=N\NC(=O)c2ccc(Cl)cc2)cc1[N+](=O)[O-]. The lowest BCUT2D eigenvalue weighted by Gasteiger charge is -2.06. The molecule has 0 radical (unpaired) electrons. The van der Waals surface area contributed by atoms with Crippen LogP contribution in [0.5, 0.6) is 5.75 Å². The van der Waals surface area contributed by atoms with Crippen LogP contribution in [0.2, 0.25) is 5.02 Å². The topological polar surface area (TPSA) is 93.8 Å². The lowest BCUT2D eigenvalue weighted by Crippen LogP contribution is -2.19. The van der Waals surface area contributed by atoms with E-state index in [0.29, 0.717) is 21.9 Å². The smallest absolute Gasteiger partial charge is 0.311 e. The van der Waals surface area contributed by atoms with E-state index in [2.05, 4.69) is 10.5 Å². The summed E-state index contributed by atoms with van der Waals surface area (Å²) < 4.78 is 4.94. The first kappa shape index (κ1) is 17.4. The van der Waals surface area contributed by atoms with Gasteiger partial charge in [-0.15, -0.1) is 0 Å². The van der Waals surface area contributed by atoms with E-state index in [4.69, 9.17) is 16.3 Å². The van der Waals surface area contributed by atoms with E-state index in [0.717, 1.165) is 0 Å². The Kier molecular flexibility index (Phi) is 5.49. The second-order valence-corrected chi connectivity index (χ2v) is 5.23. The highest BCUT2D eigenvalue weighted by Crippen LogP contribution is 2.27. The number of nitro groups is 1. The molecule has 0 atom stereocenters. The van der Waals surface area contributed by atoms with Crippen LogP contribution >= 0.6 is 11.6 Å². The summed E-state index contributed by atoms with van der Waals surface area (Å²) in [4.78, 5) is 22.5. The van der Waals surface area contributed by atoms with Crippen LogP contribution in [0, 0.1) is 10.1 Å². The van der Waals surface area contributed by atoms with Crippen LogP contribution in [-0.4, -0.2) is 23.7 Å². The summed E-state index contributed by atoms with van der Waals surface area (Å²) in [6.07, 6.45) is 0. The van der Waals surface area contributed by atoms with Crippen molar-refractivity contribution in [1.29, 1.82) is 0 Å². The average molecular weight is 348 g/mol. The molecular weight excluding hydrogens is 334 g/mol. The van der Waals surface area contributed by atoms with Crippen molar-refractivity contribution in [1.82, 2.24) is 5.43 Å². The third-order valence-electron chi connectivity index (χ3n) is 3.22. The van der Waals surface area contributed by atoms with E-state index in [-0.39, 0.29) is 11.4 Å². The van der Waals surface area contributed by atoms with Crippen molar-refractivity contribution in [3.8, 4) is 5.75 Å². The highest BCUT2D eigenvalue weighted by molar-refractivity contribution is 6.30. The average Bonchev–Trinajstić information content (AvgIpc) is 2.59. The number of nitrogens with zero attached hydrogens (tertiary/aromatic N) is 2. The van der Waals surface area contributed by atoms with Crippen LogP contribution in [0.4, 0.5) is 5.69 Å². The Morgan fingerprint density at radius 3 is 2.42 bits per heavy atom. The van der Waals surface area contributed by atoms with Gasteiger partial charge in [0.15, 0.2) is 5.75 Å². The minimum atomic E-state index is -0.540. The molecule has 2 rings (SSSR count). The van der Waals surface area contributed by atoms with Crippen LogP contribution in [0.3, 0.4) is 0 Å². The minimum absolute atomic E-state index is 0.154. The third kappa shape index (κ3) is 4.08. The van der Waals surface area contributed by atoms with Crippen molar-refractivity contribution >= 4 is 28.9 Å².